The third-order valence-electron chi connectivity index (χ3n) is 2.69. The maximum Gasteiger partial charge on any atom is 0.400 e. The molecule has 19 heavy (non-hydrogen) atoms. The highest BCUT2D eigenvalue weighted by Gasteiger charge is 2.25. The van der Waals surface area contributed by atoms with Crippen molar-refractivity contribution in [3.05, 3.63) is 0 Å². The van der Waals surface area contributed by atoms with Gasteiger partial charge < -0.3 is 0 Å². The molecule has 0 aliphatic heterocycles. The average Bonchev–Trinajstić information content (AvgIpc) is 2.23. The van der Waals surface area contributed by atoms with E-state index in [0.717, 1.165) is 19.3 Å². The van der Waals surface area contributed by atoms with Crippen LogP contribution in [0.25, 0.3) is 0 Å². The van der Waals surface area contributed by atoms with Gasteiger partial charge in [-0.1, -0.05) is 46.0 Å². The van der Waals surface area contributed by atoms with Crippen molar-refractivity contribution in [2.24, 2.45) is 0 Å². The van der Waals surface area contributed by atoms with Gasteiger partial charge in [-0.2, -0.15) is 8.42 Å². The second kappa shape index (κ2) is 8.93. The lowest BCUT2D eigenvalue weighted by Crippen LogP contribution is -2.28. The first-order chi connectivity index (χ1) is 8.70. The van der Waals surface area contributed by atoms with Crippen LogP contribution in [0.3, 0.4) is 0 Å². The number of hydrogen-bond acceptors (Lipinski definition) is 4. The maximum atomic E-state index is 11.7. The van der Waals surface area contributed by atoms with Crippen molar-refractivity contribution in [3.8, 4) is 0 Å². The van der Waals surface area contributed by atoms with Gasteiger partial charge in [-0.3, -0.25) is 0 Å². The standard InChI is InChI=1S/C14H30O4S/c1-6-8-9-10-11-12-13(7-2)17-19(15,16)18-14(3,4)5/h13H,6-12H2,1-5H3. The largest absolute Gasteiger partial charge is 0.400 e. The first kappa shape index (κ1) is 18.9. The van der Waals surface area contributed by atoms with Crippen molar-refractivity contribution >= 4 is 10.4 Å². The van der Waals surface area contributed by atoms with Crippen LogP contribution < -0.4 is 0 Å². The van der Waals surface area contributed by atoms with Gasteiger partial charge in [-0.05, 0) is 33.6 Å². The average molecular weight is 294 g/mol. The fourth-order valence-corrected chi connectivity index (χ4v) is 3.01. The van der Waals surface area contributed by atoms with Crippen LogP contribution >= 0.6 is 0 Å². The van der Waals surface area contributed by atoms with Gasteiger partial charge in [0.2, 0.25) is 0 Å². The second-order valence-electron chi connectivity index (χ2n) is 5.93. The zero-order chi connectivity index (χ0) is 14.9. The van der Waals surface area contributed by atoms with E-state index in [1.54, 1.807) is 20.8 Å². The van der Waals surface area contributed by atoms with E-state index in [9.17, 15) is 8.42 Å². The van der Waals surface area contributed by atoms with E-state index in [0.29, 0.717) is 6.42 Å². The molecule has 0 aromatic rings. The molecule has 0 aromatic heterocycles. The van der Waals surface area contributed by atoms with Gasteiger partial charge in [0.25, 0.3) is 0 Å². The zero-order valence-electron chi connectivity index (χ0n) is 13.1. The first-order valence-electron chi connectivity index (χ1n) is 7.34. The molecule has 116 valence electrons. The molecule has 0 bridgehead atoms. The van der Waals surface area contributed by atoms with Crippen molar-refractivity contribution in [1.29, 1.82) is 0 Å². The fourth-order valence-electron chi connectivity index (χ4n) is 1.79. The first-order valence-corrected chi connectivity index (χ1v) is 8.67. The Morgan fingerprint density at radius 2 is 1.58 bits per heavy atom. The summed E-state index contributed by atoms with van der Waals surface area (Å²) in [5.74, 6) is 0. The Bertz CT molecular complexity index is 317. The lowest BCUT2D eigenvalue weighted by Gasteiger charge is -2.21. The maximum absolute atomic E-state index is 11.7. The van der Waals surface area contributed by atoms with Crippen molar-refractivity contribution in [2.45, 2.75) is 91.3 Å². The van der Waals surface area contributed by atoms with Gasteiger partial charge in [0.1, 0.15) is 0 Å². The van der Waals surface area contributed by atoms with E-state index in [1.165, 1.54) is 19.3 Å². The summed E-state index contributed by atoms with van der Waals surface area (Å²) < 4.78 is 33.5. The fraction of sp³-hybridized carbons (Fsp3) is 1.00. The Labute approximate surface area is 119 Å². The summed E-state index contributed by atoms with van der Waals surface area (Å²) in [6.07, 6.45) is 6.97. The van der Waals surface area contributed by atoms with Crippen LogP contribution in [0, 0.1) is 0 Å². The molecule has 0 saturated carbocycles. The van der Waals surface area contributed by atoms with Gasteiger partial charge in [-0.15, -0.1) is 0 Å². The van der Waals surface area contributed by atoms with Crippen molar-refractivity contribution in [3.63, 3.8) is 0 Å². The van der Waals surface area contributed by atoms with E-state index in [4.69, 9.17) is 8.37 Å². The van der Waals surface area contributed by atoms with Crippen LogP contribution in [-0.2, 0) is 18.8 Å². The van der Waals surface area contributed by atoms with Crippen molar-refractivity contribution in [1.82, 2.24) is 0 Å². The van der Waals surface area contributed by atoms with Crippen LogP contribution in [0.5, 0.6) is 0 Å². The highest BCUT2D eigenvalue weighted by molar-refractivity contribution is 7.81. The summed E-state index contributed by atoms with van der Waals surface area (Å²) >= 11 is 0. The minimum absolute atomic E-state index is 0.269. The van der Waals surface area contributed by atoms with Crippen LogP contribution in [0.1, 0.15) is 79.6 Å². The Kier molecular flexibility index (Phi) is 8.86. The Balaban J connectivity index is 4.10. The summed E-state index contributed by atoms with van der Waals surface area (Å²) in [4.78, 5) is 0. The minimum Gasteiger partial charge on any atom is -0.245 e. The molecule has 0 radical (unpaired) electrons. The predicted octanol–water partition coefficient (Wildman–Crippen LogP) is 4.20. The molecule has 0 rings (SSSR count). The van der Waals surface area contributed by atoms with E-state index in [2.05, 4.69) is 6.92 Å². The lowest BCUT2D eigenvalue weighted by molar-refractivity contribution is 0.0799. The number of hydrogen-bond donors (Lipinski definition) is 0. The summed E-state index contributed by atoms with van der Waals surface area (Å²) in [5.41, 5.74) is -0.752. The number of rotatable bonds is 10. The van der Waals surface area contributed by atoms with Crippen LogP contribution in [-0.4, -0.2) is 20.1 Å². The molecule has 1 atom stereocenters. The van der Waals surface area contributed by atoms with Gasteiger partial charge in [-0.25, -0.2) is 8.37 Å². The lowest BCUT2D eigenvalue weighted by atomic mass is 10.1. The van der Waals surface area contributed by atoms with Crippen LogP contribution in [0.2, 0.25) is 0 Å². The topological polar surface area (TPSA) is 52.6 Å². The third-order valence-corrected chi connectivity index (χ3v) is 3.90. The molecule has 0 aromatic carbocycles. The molecule has 0 fully saturated rings. The predicted molar refractivity (Wildman–Crippen MR) is 78.3 cm³/mol. The minimum atomic E-state index is -3.90. The van der Waals surface area contributed by atoms with E-state index in [-0.39, 0.29) is 6.10 Å². The quantitative estimate of drug-likeness (QED) is 0.567. The Hall–Kier alpha value is -0.130. The van der Waals surface area contributed by atoms with Crippen molar-refractivity contribution in [2.75, 3.05) is 0 Å². The summed E-state index contributed by atoms with van der Waals surface area (Å²) in [7, 11) is -3.90. The SMILES string of the molecule is CCCCCCCC(CC)OS(=O)(=O)OC(C)(C)C. The molecule has 5 heteroatoms. The Morgan fingerprint density at radius 3 is 2.05 bits per heavy atom. The van der Waals surface area contributed by atoms with Crippen LogP contribution in [0.4, 0.5) is 0 Å². The van der Waals surface area contributed by atoms with Gasteiger partial charge >= 0.3 is 10.4 Å². The zero-order valence-corrected chi connectivity index (χ0v) is 13.9. The van der Waals surface area contributed by atoms with E-state index < -0.39 is 16.0 Å². The molecule has 0 N–H and O–H groups in total. The number of unbranched alkanes of at least 4 members (excludes halogenated alkanes) is 4. The molecular weight excluding hydrogens is 264 g/mol. The Morgan fingerprint density at radius 1 is 1.00 bits per heavy atom. The normalized spacial score (nSPS) is 14.6. The van der Waals surface area contributed by atoms with Crippen LogP contribution in [0.15, 0.2) is 0 Å². The second-order valence-corrected chi connectivity index (χ2v) is 7.11. The molecule has 0 spiro atoms. The van der Waals surface area contributed by atoms with Gasteiger partial charge in [0.15, 0.2) is 0 Å². The third kappa shape index (κ3) is 11.4. The molecule has 0 amide bonds. The molecule has 0 aliphatic rings. The van der Waals surface area contributed by atoms with E-state index in [1.807, 2.05) is 6.92 Å². The van der Waals surface area contributed by atoms with Gasteiger partial charge in [0, 0.05) is 0 Å². The molecule has 0 saturated heterocycles. The molecule has 4 nitrogen and oxygen atoms in total. The summed E-state index contributed by atoms with van der Waals surface area (Å²) in [6.45, 7) is 9.19. The highest BCUT2D eigenvalue weighted by Crippen LogP contribution is 2.18. The van der Waals surface area contributed by atoms with E-state index >= 15 is 0 Å². The molecule has 0 heterocycles. The summed E-state index contributed by atoms with van der Waals surface area (Å²) in [5, 5.41) is 0. The van der Waals surface area contributed by atoms with Gasteiger partial charge in [0.05, 0.1) is 11.7 Å². The van der Waals surface area contributed by atoms with Crippen molar-refractivity contribution < 1.29 is 16.8 Å². The monoisotopic (exact) mass is 294 g/mol. The molecule has 0 aliphatic carbocycles. The smallest absolute Gasteiger partial charge is 0.245 e. The molecule has 1 unspecified atom stereocenters. The molecular formula is C14H30O4S. The summed E-state index contributed by atoms with van der Waals surface area (Å²) in [6, 6.07) is 0. The highest BCUT2D eigenvalue weighted by atomic mass is 32.3.